The van der Waals surface area contributed by atoms with Crippen LogP contribution < -0.4 is 0 Å². The molecule has 1 atom stereocenters. The zero-order valence-corrected chi connectivity index (χ0v) is 11.7. The highest BCUT2D eigenvalue weighted by Crippen LogP contribution is 2.34. The summed E-state index contributed by atoms with van der Waals surface area (Å²) in [5.41, 5.74) is 2.60. The molecule has 1 fully saturated rings. The van der Waals surface area contributed by atoms with Gasteiger partial charge in [0.15, 0.2) is 0 Å². The molecule has 0 aliphatic carbocycles. The summed E-state index contributed by atoms with van der Waals surface area (Å²) in [5, 5.41) is 1.33. The lowest BCUT2D eigenvalue weighted by atomic mass is 9.93. The fraction of sp³-hybridized carbons (Fsp3) is 0.471. The van der Waals surface area contributed by atoms with E-state index in [4.69, 9.17) is 0 Å². The van der Waals surface area contributed by atoms with Gasteiger partial charge in [0.05, 0.1) is 5.52 Å². The van der Waals surface area contributed by atoms with Crippen LogP contribution in [0, 0.1) is 0 Å². The summed E-state index contributed by atoms with van der Waals surface area (Å²) in [4.78, 5) is 7.15. The van der Waals surface area contributed by atoms with Crippen LogP contribution in [-0.4, -0.2) is 23.0 Å². The zero-order chi connectivity index (χ0) is 13.1. The molecule has 0 N–H and O–H groups in total. The Kier molecular flexibility index (Phi) is 3.79. The van der Waals surface area contributed by atoms with Crippen LogP contribution in [0.1, 0.15) is 44.2 Å². The van der Waals surface area contributed by atoms with E-state index in [1.165, 1.54) is 49.7 Å². The van der Waals surface area contributed by atoms with Crippen LogP contribution in [-0.2, 0) is 0 Å². The van der Waals surface area contributed by atoms with Gasteiger partial charge < -0.3 is 0 Å². The number of likely N-dealkylation sites (tertiary alicyclic amines) is 1. The molecule has 1 aromatic heterocycles. The van der Waals surface area contributed by atoms with Gasteiger partial charge in [-0.3, -0.25) is 9.88 Å². The van der Waals surface area contributed by atoms with Crippen molar-refractivity contribution in [1.29, 1.82) is 0 Å². The lowest BCUT2D eigenvalue weighted by Gasteiger charge is -2.36. The molecule has 2 aromatic rings. The Morgan fingerprint density at radius 2 is 2.11 bits per heavy atom. The molecule has 0 saturated carbocycles. The lowest BCUT2D eigenvalue weighted by Crippen LogP contribution is -2.34. The highest BCUT2D eigenvalue weighted by Gasteiger charge is 2.24. The van der Waals surface area contributed by atoms with Crippen molar-refractivity contribution < 1.29 is 0 Å². The van der Waals surface area contributed by atoms with E-state index < -0.39 is 0 Å². The van der Waals surface area contributed by atoms with Gasteiger partial charge in [-0.25, -0.2) is 0 Å². The van der Waals surface area contributed by atoms with Crippen molar-refractivity contribution in [2.75, 3.05) is 13.1 Å². The number of hydrogen-bond acceptors (Lipinski definition) is 2. The minimum Gasteiger partial charge on any atom is -0.296 e. The quantitative estimate of drug-likeness (QED) is 0.817. The minimum atomic E-state index is 0.585. The first kappa shape index (κ1) is 12.6. The van der Waals surface area contributed by atoms with Gasteiger partial charge in [-0.05, 0) is 50.0 Å². The third kappa shape index (κ3) is 2.50. The van der Waals surface area contributed by atoms with E-state index in [1.807, 2.05) is 6.20 Å². The number of pyridine rings is 1. The number of hydrogen-bond donors (Lipinski definition) is 0. The van der Waals surface area contributed by atoms with Crippen LogP contribution >= 0.6 is 0 Å². The summed E-state index contributed by atoms with van der Waals surface area (Å²) in [6.45, 7) is 4.73. The van der Waals surface area contributed by atoms with E-state index in [-0.39, 0.29) is 0 Å². The molecular weight excluding hydrogens is 232 g/mol. The largest absolute Gasteiger partial charge is 0.296 e. The van der Waals surface area contributed by atoms with E-state index in [0.29, 0.717) is 6.04 Å². The molecule has 1 saturated heterocycles. The molecule has 0 radical (unpaired) electrons. The number of fused-ring (bicyclic) bond motifs is 1. The Morgan fingerprint density at radius 3 is 3.00 bits per heavy atom. The number of rotatable bonds is 3. The van der Waals surface area contributed by atoms with Crippen molar-refractivity contribution >= 4 is 10.9 Å². The fourth-order valence-electron chi connectivity index (χ4n) is 3.31. The Bertz CT molecular complexity index is 542. The van der Waals surface area contributed by atoms with Crippen LogP contribution in [0.3, 0.4) is 0 Å². The Morgan fingerprint density at radius 1 is 1.21 bits per heavy atom. The number of para-hydroxylation sites is 1. The summed E-state index contributed by atoms with van der Waals surface area (Å²) in [7, 11) is 0. The van der Waals surface area contributed by atoms with Crippen molar-refractivity contribution in [2.45, 2.75) is 38.6 Å². The van der Waals surface area contributed by atoms with Crippen molar-refractivity contribution in [2.24, 2.45) is 0 Å². The van der Waals surface area contributed by atoms with Gasteiger partial charge in [0.1, 0.15) is 0 Å². The predicted molar refractivity (Wildman–Crippen MR) is 80.2 cm³/mol. The summed E-state index contributed by atoms with van der Waals surface area (Å²) in [5.74, 6) is 0. The van der Waals surface area contributed by atoms with Crippen molar-refractivity contribution in [1.82, 2.24) is 9.88 Å². The number of aromatic nitrogens is 1. The molecule has 2 nitrogen and oxygen atoms in total. The van der Waals surface area contributed by atoms with Gasteiger partial charge in [0, 0.05) is 17.6 Å². The molecule has 2 heteroatoms. The number of benzene rings is 1. The van der Waals surface area contributed by atoms with Gasteiger partial charge in [0.2, 0.25) is 0 Å². The monoisotopic (exact) mass is 254 g/mol. The lowest BCUT2D eigenvalue weighted by molar-refractivity contribution is 0.150. The van der Waals surface area contributed by atoms with Crippen LogP contribution in [0.25, 0.3) is 10.9 Å². The molecule has 2 heterocycles. The molecule has 1 aliphatic rings. The summed E-state index contributed by atoms with van der Waals surface area (Å²) < 4.78 is 0. The van der Waals surface area contributed by atoms with E-state index in [1.54, 1.807) is 0 Å². The zero-order valence-electron chi connectivity index (χ0n) is 11.7. The highest BCUT2D eigenvalue weighted by atomic mass is 15.2. The second kappa shape index (κ2) is 5.70. The molecule has 100 valence electrons. The van der Waals surface area contributed by atoms with Gasteiger partial charge in [-0.2, -0.15) is 0 Å². The third-order valence-corrected chi connectivity index (χ3v) is 4.17. The van der Waals surface area contributed by atoms with Crippen LogP contribution in [0.2, 0.25) is 0 Å². The Labute approximate surface area is 115 Å². The molecule has 19 heavy (non-hydrogen) atoms. The summed E-state index contributed by atoms with van der Waals surface area (Å²) in [6.07, 6.45) is 7.19. The van der Waals surface area contributed by atoms with Crippen LogP contribution in [0.5, 0.6) is 0 Å². The predicted octanol–water partition coefficient (Wildman–Crippen LogP) is 4.17. The van der Waals surface area contributed by atoms with Gasteiger partial charge >= 0.3 is 0 Å². The van der Waals surface area contributed by atoms with Gasteiger partial charge in [-0.15, -0.1) is 0 Å². The fourth-order valence-corrected chi connectivity index (χ4v) is 3.31. The first-order valence-electron chi connectivity index (χ1n) is 7.48. The highest BCUT2D eigenvalue weighted by molar-refractivity contribution is 5.82. The van der Waals surface area contributed by atoms with Crippen LogP contribution in [0.15, 0.2) is 36.5 Å². The van der Waals surface area contributed by atoms with Gasteiger partial charge in [0.25, 0.3) is 0 Å². The average molecular weight is 254 g/mol. The third-order valence-electron chi connectivity index (χ3n) is 4.17. The molecule has 0 amide bonds. The Hall–Kier alpha value is -1.41. The van der Waals surface area contributed by atoms with E-state index in [9.17, 15) is 0 Å². The number of piperidine rings is 1. The summed E-state index contributed by atoms with van der Waals surface area (Å²) in [6, 6.07) is 11.3. The normalized spacial score (nSPS) is 20.8. The maximum absolute atomic E-state index is 4.49. The summed E-state index contributed by atoms with van der Waals surface area (Å²) >= 11 is 0. The molecule has 1 aromatic carbocycles. The van der Waals surface area contributed by atoms with Crippen molar-refractivity contribution in [3.8, 4) is 0 Å². The molecule has 1 unspecified atom stereocenters. The van der Waals surface area contributed by atoms with Gasteiger partial charge in [-0.1, -0.05) is 31.5 Å². The minimum absolute atomic E-state index is 0.585. The average Bonchev–Trinajstić information content (AvgIpc) is 2.48. The first-order valence-corrected chi connectivity index (χ1v) is 7.48. The second-order valence-corrected chi connectivity index (χ2v) is 5.46. The molecular formula is C17H22N2. The standard InChI is InChI=1S/C17H22N2/c1-2-12-19-13-6-5-9-17(19)15-10-11-18-16-8-4-3-7-14(15)16/h3-4,7-8,10-11,17H,2,5-6,9,12-13H2,1H3. The smallest absolute Gasteiger partial charge is 0.0705 e. The molecule has 0 spiro atoms. The number of nitrogens with zero attached hydrogens (tertiary/aromatic N) is 2. The topological polar surface area (TPSA) is 16.1 Å². The second-order valence-electron chi connectivity index (χ2n) is 5.46. The van der Waals surface area contributed by atoms with E-state index in [2.05, 4.69) is 47.1 Å². The molecule has 0 bridgehead atoms. The maximum atomic E-state index is 4.49. The first-order chi connectivity index (χ1) is 9.40. The van der Waals surface area contributed by atoms with E-state index >= 15 is 0 Å². The SMILES string of the molecule is CCCN1CCCCC1c1ccnc2ccccc12. The van der Waals surface area contributed by atoms with Crippen molar-refractivity contribution in [3.63, 3.8) is 0 Å². The van der Waals surface area contributed by atoms with Crippen LogP contribution in [0.4, 0.5) is 0 Å². The Balaban J connectivity index is 2.02. The maximum Gasteiger partial charge on any atom is 0.0705 e. The van der Waals surface area contributed by atoms with Crippen molar-refractivity contribution in [3.05, 3.63) is 42.1 Å². The molecule has 3 rings (SSSR count). The molecule has 1 aliphatic heterocycles. The van der Waals surface area contributed by atoms with E-state index in [0.717, 1.165) is 5.52 Å².